The van der Waals surface area contributed by atoms with E-state index in [1.807, 2.05) is 31.2 Å². The smallest absolute Gasteiger partial charge is 0.218 e. The summed E-state index contributed by atoms with van der Waals surface area (Å²) in [6.45, 7) is 4.68. The van der Waals surface area contributed by atoms with Gasteiger partial charge in [0, 0.05) is 20.1 Å². The van der Waals surface area contributed by atoms with Gasteiger partial charge in [-0.3, -0.25) is 0 Å². The van der Waals surface area contributed by atoms with E-state index in [0.29, 0.717) is 12.5 Å². The van der Waals surface area contributed by atoms with Crippen molar-refractivity contribution < 1.29 is 8.42 Å². The fraction of sp³-hybridized carbons (Fsp3) is 0.600. The summed E-state index contributed by atoms with van der Waals surface area (Å²) in [5, 5.41) is 0. The molecule has 5 heteroatoms. The molecule has 112 valence electrons. The average molecular weight is 296 g/mol. The molecule has 0 radical (unpaired) electrons. The summed E-state index contributed by atoms with van der Waals surface area (Å²) in [5.41, 5.74) is 2.00. The maximum absolute atomic E-state index is 12.4. The molecule has 1 atom stereocenters. The van der Waals surface area contributed by atoms with Crippen LogP contribution in [-0.4, -0.2) is 51.4 Å². The molecule has 0 unspecified atom stereocenters. The molecule has 2 rings (SSSR count). The van der Waals surface area contributed by atoms with Crippen LogP contribution in [0.15, 0.2) is 24.3 Å². The molecule has 1 aliphatic heterocycles. The van der Waals surface area contributed by atoms with Crippen molar-refractivity contribution in [2.45, 2.75) is 19.1 Å². The molecule has 0 aromatic heterocycles. The van der Waals surface area contributed by atoms with E-state index in [1.54, 1.807) is 7.05 Å². The van der Waals surface area contributed by atoms with Crippen LogP contribution in [0, 0.1) is 12.8 Å². The maximum atomic E-state index is 12.4. The number of aryl methyl sites for hydroxylation is 1. The van der Waals surface area contributed by atoms with Crippen LogP contribution in [0.2, 0.25) is 0 Å². The highest BCUT2D eigenvalue weighted by molar-refractivity contribution is 7.88. The van der Waals surface area contributed by atoms with Crippen LogP contribution < -0.4 is 0 Å². The number of benzene rings is 1. The Labute approximate surface area is 122 Å². The summed E-state index contributed by atoms with van der Waals surface area (Å²) in [7, 11) is 0.564. The van der Waals surface area contributed by atoms with Crippen molar-refractivity contribution in [1.29, 1.82) is 0 Å². The highest BCUT2D eigenvalue weighted by Gasteiger charge is 2.26. The molecule has 1 aromatic carbocycles. The Morgan fingerprint density at radius 3 is 2.50 bits per heavy atom. The summed E-state index contributed by atoms with van der Waals surface area (Å²) in [4.78, 5) is 2.26. The van der Waals surface area contributed by atoms with E-state index in [4.69, 9.17) is 0 Å². The summed E-state index contributed by atoms with van der Waals surface area (Å²) < 4.78 is 26.3. The Morgan fingerprint density at radius 1 is 1.30 bits per heavy atom. The lowest BCUT2D eigenvalue weighted by molar-refractivity contribution is 0.356. The van der Waals surface area contributed by atoms with Gasteiger partial charge in [-0.05, 0) is 38.4 Å². The van der Waals surface area contributed by atoms with Crippen molar-refractivity contribution in [3.8, 4) is 0 Å². The number of nitrogens with zero attached hydrogens (tertiary/aromatic N) is 2. The lowest BCUT2D eigenvalue weighted by Gasteiger charge is -2.21. The molecule has 0 bridgehead atoms. The van der Waals surface area contributed by atoms with Crippen molar-refractivity contribution in [1.82, 2.24) is 9.21 Å². The first-order valence-corrected chi connectivity index (χ1v) is 8.66. The maximum Gasteiger partial charge on any atom is 0.218 e. The van der Waals surface area contributed by atoms with Crippen LogP contribution in [0.25, 0.3) is 0 Å². The van der Waals surface area contributed by atoms with E-state index in [0.717, 1.165) is 30.6 Å². The van der Waals surface area contributed by atoms with E-state index < -0.39 is 10.0 Å². The second kappa shape index (κ2) is 6.24. The Bertz CT molecular complexity index is 539. The van der Waals surface area contributed by atoms with Crippen molar-refractivity contribution in [3.05, 3.63) is 35.4 Å². The molecule has 20 heavy (non-hydrogen) atoms. The van der Waals surface area contributed by atoms with Crippen molar-refractivity contribution in [2.75, 3.05) is 33.7 Å². The molecule has 0 spiro atoms. The minimum absolute atomic E-state index is 0.0896. The topological polar surface area (TPSA) is 40.6 Å². The zero-order valence-electron chi connectivity index (χ0n) is 12.5. The number of hydrogen-bond acceptors (Lipinski definition) is 3. The van der Waals surface area contributed by atoms with Gasteiger partial charge in [-0.1, -0.05) is 29.8 Å². The minimum Gasteiger partial charge on any atom is -0.306 e. The first-order valence-electron chi connectivity index (χ1n) is 7.05. The fourth-order valence-corrected chi connectivity index (χ4v) is 3.93. The minimum atomic E-state index is -3.22. The highest BCUT2D eigenvalue weighted by atomic mass is 32.2. The van der Waals surface area contributed by atoms with Crippen LogP contribution >= 0.6 is 0 Å². The normalized spacial score (nSPS) is 20.7. The predicted octanol–water partition coefficient (Wildman–Crippen LogP) is 1.71. The quantitative estimate of drug-likeness (QED) is 0.830. The van der Waals surface area contributed by atoms with Gasteiger partial charge in [-0.2, -0.15) is 0 Å². The molecule has 1 aliphatic rings. The molecule has 1 saturated heterocycles. The Kier molecular flexibility index (Phi) is 4.83. The summed E-state index contributed by atoms with van der Waals surface area (Å²) >= 11 is 0. The van der Waals surface area contributed by atoms with E-state index in [1.165, 1.54) is 4.31 Å². The summed E-state index contributed by atoms with van der Waals surface area (Å²) in [6, 6.07) is 7.70. The van der Waals surface area contributed by atoms with Gasteiger partial charge in [0.05, 0.1) is 5.75 Å². The van der Waals surface area contributed by atoms with Gasteiger partial charge < -0.3 is 4.90 Å². The van der Waals surface area contributed by atoms with E-state index in [-0.39, 0.29) is 5.75 Å². The third-order valence-corrected chi connectivity index (χ3v) is 5.75. The lowest BCUT2D eigenvalue weighted by atomic mass is 10.1. The standard InChI is InChI=1S/C15H24N2O2S/c1-13-4-6-14(7-5-13)12-20(18,19)17(3)11-15-8-9-16(2)10-15/h4-7,15H,8-12H2,1-3H3/t15-/m1/s1. The second-order valence-electron chi connectivity index (χ2n) is 5.94. The Balaban J connectivity index is 1.96. The number of sulfonamides is 1. The Morgan fingerprint density at radius 2 is 1.95 bits per heavy atom. The van der Waals surface area contributed by atoms with E-state index in [9.17, 15) is 8.42 Å². The van der Waals surface area contributed by atoms with Gasteiger partial charge in [0.25, 0.3) is 0 Å². The molecule has 0 aliphatic carbocycles. The van der Waals surface area contributed by atoms with Crippen molar-refractivity contribution in [2.24, 2.45) is 5.92 Å². The van der Waals surface area contributed by atoms with Crippen molar-refractivity contribution >= 4 is 10.0 Å². The monoisotopic (exact) mass is 296 g/mol. The molecule has 0 saturated carbocycles. The van der Waals surface area contributed by atoms with Crippen LogP contribution in [0.1, 0.15) is 17.5 Å². The lowest BCUT2D eigenvalue weighted by Crippen LogP contribution is -2.33. The molecule has 0 N–H and O–H groups in total. The third-order valence-electron chi connectivity index (χ3n) is 3.95. The van der Waals surface area contributed by atoms with Crippen LogP contribution in [0.4, 0.5) is 0 Å². The molecule has 1 heterocycles. The van der Waals surface area contributed by atoms with E-state index in [2.05, 4.69) is 11.9 Å². The van der Waals surface area contributed by atoms with Gasteiger partial charge in [-0.25, -0.2) is 12.7 Å². The molecule has 4 nitrogen and oxygen atoms in total. The number of hydrogen-bond donors (Lipinski definition) is 0. The second-order valence-corrected chi connectivity index (χ2v) is 8.02. The highest BCUT2D eigenvalue weighted by Crippen LogP contribution is 2.18. The van der Waals surface area contributed by atoms with Gasteiger partial charge in [0.15, 0.2) is 0 Å². The van der Waals surface area contributed by atoms with Crippen LogP contribution in [0.3, 0.4) is 0 Å². The first-order chi connectivity index (χ1) is 9.37. The molecular formula is C15H24N2O2S. The SMILES string of the molecule is Cc1ccc(CS(=O)(=O)N(C)C[C@@H]2CCN(C)C2)cc1. The summed E-state index contributed by atoms with van der Waals surface area (Å²) in [6.07, 6.45) is 1.08. The number of likely N-dealkylation sites (tertiary alicyclic amines) is 1. The Hall–Kier alpha value is -0.910. The molecule has 0 amide bonds. The van der Waals surface area contributed by atoms with E-state index >= 15 is 0 Å². The third kappa shape index (κ3) is 4.04. The predicted molar refractivity (Wildman–Crippen MR) is 82.0 cm³/mol. The average Bonchev–Trinajstić information content (AvgIpc) is 2.77. The van der Waals surface area contributed by atoms with Gasteiger partial charge in [-0.15, -0.1) is 0 Å². The zero-order chi connectivity index (χ0) is 14.8. The van der Waals surface area contributed by atoms with Crippen LogP contribution in [-0.2, 0) is 15.8 Å². The van der Waals surface area contributed by atoms with Crippen LogP contribution in [0.5, 0.6) is 0 Å². The molecule has 1 fully saturated rings. The number of rotatable bonds is 5. The summed E-state index contributed by atoms with van der Waals surface area (Å²) in [5.74, 6) is 0.546. The zero-order valence-corrected chi connectivity index (χ0v) is 13.4. The fourth-order valence-electron chi connectivity index (χ4n) is 2.66. The van der Waals surface area contributed by atoms with Crippen molar-refractivity contribution in [3.63, 3.8) is 0 Å². The van der Waals surface area contributed by atoms with Gasteiger partial charge >= 0.3 is 0 Å². The molecular weight excluding hydrogens is 272 g/mol. The van der Waals surface area contributed by atoms with Gasteiger partial charge in [0.2, 0.25) is 10.0 Å². The largest absolute Gasteiger partial charge is 0.306 e. The van der Waals surface area contributed by atoms with Gasteiger partial charge in [0.1, 0.15) is 0 Å². The first kappa shape index (κ1) is 15.5. The molecule has 1 aromatic rings.